The monoisotopic (exact) mass is 445 g/mol. The average molecular weight is 446 g/mol. The number of aromatic amines is 1. The quantitative estimate of drug-likeness (QED) is 0.442. The molecular formula is C21H20ClN3O6. The predicted octanol–water partition coefficient (Wildman–Crippen LogP) is 2.56. The SMILES string of the molecule is CCOc1cc(C=Nn2c(=O)[nH]c3ccccc3c2=O)cc(Cl)c1O[C@H](C)C(=O)OC. The zero-order chi connectivity index (χ0) is 22.5. The first-order valence-electron chi connectivity index (χ1n) is 9.35. The second-order valence-electron chi connectivity index (χ2n) is 6.38. The molecule has 3 rings (SSSR count). The topological polar surface area (TPSA) is 112 Å². The van der Waals surface area contributed by atoms with Crippen molar-refractivity contribution in [1.82, 2.24) is 9.66 Å². The van der Waals surface area contributed by atoms with Crippen LogP contribution >= 0.6 is 11.6 Å². The minimum absolute atomic E-state index is 0.155. The summed E-state index contributed by atoms with van der Waals surface area (Å²) in [6.07, 6.45) is 0.392. The van der Waals surface area contributed by atoms with Crippen LogP contribution in [-0.2, 0) is 9.53 Å². The summed E-state index contributed by atoms with van der Waals surface area (Å²) in [7, 11) is 1.25. The Morgan fingerprint density at radius 3 is 2.74 bits per heavy atom. The number of aromatic nitrogens is 2. The molecular weight excluding hydrogens is 426 g/mol. The van der Waals surface area contributed by atoms with Gasteiger partial charge in [-0.3, -0.25) is 4.79 Å². The number of halogens is 1. The van der Waals surface area contributed by atoms with Gasteiger partial charge < -0.3 is 19.2 Å². The lowest BCUT2D eigenvalue weighted by Crippen LogP contribution is -2.32. The van der Waals surface area contributed by atoms with Crippen LogP contribution in [0.4, 0.5) is 0 Å². The number of nitrogens with one attached hydrogen (secondary N) is 1. The lowest BCUT2D eigenvalue weighted by Gasteiger charge is -2.17. The molecule has 9 nitrogen and oxygen atoms in total. The van der Waals surface area contributed by atoms with Gasteiger partial charge in [-0.1, -0.05) is 23.7 Å². The molecule has 0 saturated carbocycles. The van der Waals surface area contributed by atoms with E-state index in [0.717, 1.165) is 4.68 Å². The summed E-state index contributed by atoms with van der Waals surface area (Å²) in [4.78, 5) is 39.1. The number of hydrogen-bond donors (Lipinski definition) is 1. The normalized spacial score (nSPS) is 12.1. The van der Waals surface area contributed by atoms with E-state index in [-0.39, 0.29) is 16.5 Å². The second kappa shape index (κ2) is 9.48. The molecule has 0 aliphatic carbocycles. The number of methoxy groups -OCH3 is 1. The highest BCUT2D eigenvalue weighted by Gasteiger charge is 2.20. The minimum Gasteiger partial charge on any atom is -0.490 e. The van der Waals surface area contributed by atoms with Crippen molar-refractivity contribution in [2.75, 3.05) is 13.7 Å². The average Bonchev–Trinajstić information content (AvgIpc) is 2.75. The molecule has 0 saturated heterocycles. The Morgan fingerprint density at radius 2 is 2.03 bits per heavy atom. The Labute approximate surface area is 181 Å². The van der Waals surface area contributed by atoms with Crippen molar-refractivity contribution in [3.05, 3.63) is 67.8 Å². The van der Waals surface area contributed by atoms with Gasteiger partial charge in [0.2, 0.25) is 0 Å². The smallest absolute Gasteiger partial charge is 0.349 e. The summed E-state index contributed by atoms with van der Waals surface area (Å²) >= 11 is 6.33. The summed E-state index contributed by atoms with van der Waals surface area (Å²) < 4.78 is 16.5. The lowest BCUT2D eigenvalue weighted by molar-refractivity contribution is -0.147. The van der Waals surface area contributed by atoms with E-state index >= 15 is 0 Å². The lowest BCUT2D eigenvalue weighted by atomic mass is 10.2. The Hall–Kier alpha value is -3.59. The number of carbonyl (C=O) groups excluding carboxylic acids is 1. The fraction of sp³-hybridized carbons (Fsp3) is 0.238. The largest absolute Gasteiger partial charge is 0.490 e. The van der Waals surface area contributed by atoms with E-state index < -0.39 is 23.3 Å². The molecule has 2 aromatic carbocycles. The number of rotatable bonds is 7. The van der Waals surface area contributed by atoms with E-state index in [9.17, 15) is 14.4 Å². The van der Waals surface area contributed by atoms with Gasteiger partial charge in [-0.15, -0.1) is 4.68 Å². The number of ether oxygens (including phenoxy) is 3. The molecule has 0 amide bonds. The molecule has 0 aliphatic rings. The summed E-state index contributed by atoms with van der Waals surface area (Å²) in [5.74, 6) is -0.134. The fourth-order valence-electron chi connectivity index (χ4n) is 2.81. The highest BCUT2D eigenvalue weighted by molar-refractivity contribution is 6.32. The van der Waals surface area contributed by atoms with E-state index in [1.54, 1.807) is 37.3 Å². The van der Waals surface area contributed by atoms with Crippen molar-refractivity contribution >= 4 is 34.7 Å². The van der Waals surface area contributed by atoms with Crippen molar-refractivity contribution in [3.8, 4) is 11.5 Å². The number of esters is 1. The molecule has 3 aromatic rings. The molecule has 1 heterocycles. The third-order valence-corrected chi connectivity index (χ3v) is 4.55. The van der Waals surface area contributed by atoms with Crippen LogP contribution in [0.3, 0.4) is 0 Å². The predicted molar refractivity (Wildman–Crippen MR) is 117 cm³/mol. The van der Waals surface area contributed by atoms with Gasteiger partial charge in [0.15, 0.2) is 17.6 Å². The maximum absolute atomic E-state index is 12.6. The Kier molecular flexibility index (Phi) is 6.76. The first-order chi connectivity index (χ1) is 14.8. The summed E-state index contributed by atoms with van der Waals surface area (Å²) in [6.45, 7) is 3.60. The molecule has 0 aliphatic heterocycles. The molecule has 0 fully saturated rings. The number of nitrogens with zero attached hydrogens (tertiary/aromatic N) is 2. The number of carbonyl (C=O) groups is 1. The number of benzene rings is 2. The molecule has 31 heavy (non-hydrogen) atoms. The maximum Gasteiger partial charge on any atom is 0.349 e. The Morgan fingerprint density at radius 1 is 1.29 bits per heavy atom. The van der Waals surface area contributed by atoms with Crippen molar-refractivity contribution in [2.24, 2.45) is 5.10 Å². The Bertz CT molecular complexity index is 1260. The van der Waals surface area contributed by atoms with Gasteiger partial charge in [0.1, 0.15) is 0 Å². The van der Waals surface area contributed by atoms with Crippen LogP contribution in [0, 0.1) is 0 Å². The summed E-state index contributed by atoms with van der Waals surface area (Å²) in [5, 5.41) is 4.49. The van der Waals surface area contributed by atoms with Gasteiger partial charge in [0.05, 0.1) is 35.9 Å². The van der Waals surface area contributed by atoms with Crippen LogP contribution < -0.4 is 20.7 Å². The molecule has 0 spiro atoms. The van der Waals surface area contributed by atoms with Crippen LogP contribution in [0.2, 0.25) is 5.02 Å². The maximum atomic E-state index is 12.6. The number of H-pyrrole nitrogens is 1. The summed E-state index contributed by atoms with van der Waals surface area (Å²) in [6, 6.07) is 9.71. The van der Waals surface area contributed by atoms with E-state index in [0.29, 0.717) is 23.1 Å². The second-order valence-corrected chi connectivity index (χ2v) is 6.79. The van der Waals surface area contributed by atoms with E-state index in [1.165, 1.54) is 26.3 Å². The Balaban J connectivity index is 2.00. The first kappa shape index (κ1) is 22.1. The molecule has 0 unspecified atom stereocenters. The van der Waals surface area contributed by atoms with Crippen LogP contribution in [0.1, 0.15) is 19.4 Å². The van der Waals surface area contributed by atoms with Crippen LogP contribution in [0.5, 0.6) is 11.5 Å². The molecule has 1 aromatic heterocycles. The number of hydrogen-bond acceptors (Lipinski definition) is 7. The highest BCUT2D eigenvalue weighted by Crippen LogP contribution is 2.37. The van der Waals surface area contributed by atoms with Gasteiger partial charge in [-0.05, 0) is 43.7 Å². The molecule has 1 N–H and O–H groups in total. The minimum atomic E-state index is -0.907. The molecule has 0 bridgehead atoms. The molecule has 1 atom stereocenters. The van der Waals surface area contributed by atoms with Crippen LogP contribution in [0.25, 0.3) is 10.9 Å². The zero-order valence-electron chi connectivity index (χ0n) is 17.0. The van der Waals surface area contributed by atoms with Crippen molar-refractivity contribution in [2.45, 2.75) is 20.0 Å². The molecule has 0 radical (unpaired) electrons. The van der Waals surface area contributed by atoms with Crippen LogP contribution in [-0.4, -0.2) is 41.7 Å². The standard InChI is InChI=1S/C21H20ClN3O6/c1-4-30-17-10-13(9-15(22)18(17)31-12(2)20(27)29-3)11-23-25-19(26)14-7-5-6-8-16(14)24-21(25)28/h5-12H,4H2,1-3H3,(H,24,28)/t12-/m1/s1. The van der Waals surface area contributed by atoms with Gasteiger partial charge in [0.25, 0.3) is 5.56 Å². The number of fused-ring (bicyclic) bond motifs is 1. The zero-order valence-corrected chi connectivity index (χ0v) is 17.8. The van der Waals surface area contributed by atoms with Gasteiger partial charge >= 0.3 is 11.7 Å². The summed E-state index contributed by atoms with van der Waals surface area (Å²) in [5.41, 5.74) is -0.362. The van der Waals surface area contributed by atoms with Gasteiger partial charge in [-0.2, -0.15) is 5.10 Å². The highest BCUT2D eigenvalue weighted by atomic mass is 35.5. The van der Waals surface area contributed by atoms with Crippen LogP contribution in [0.15, 0.2) is 51.1 Å². The van der Waals surface area contributed by atoms with Gasteiger partial charge in [0, 0.05) is 0 Å². The van der Waals surface area contributed by atoms with Gasteiger partial charge in [-0.25, -0.2) is 9.59 Å². The third-order valence-electron chi connectivity index (χ3n) is 4.27. The van der Waals surface area contributed by atoms with E-state index in [1.807, 2.05) is 0 Å². The molecule has 162 valence electrons. The third kappa shape index (κ3) is 4.77. The van der Waals surface area contributed by atoms with E-state index in [2.05, 4.69) is 14.8 Å². The molecule has 10 heteroatoms. The van der Waals surface area contributed by atoms with Crippen molar-refractivity contribution < 1.29 is 19.0 Å². The number of para-hydroxylation sites is 1. The van der Waals surface area contributed by atoms with E-state index in [4.69, 9.17) is 21.1 Å². The first-order valence-corrected chi connectivity index (χ1v) is 9.72. The fourth-order valence-corrected chi connectivity index (χ4v) is 3.08. The van der Waals surface area contributed by atoms with Crippen molar-refractivity contribution in [1.29, 1.82) is 0 Å². The van der Waals surface area contributed by atoms with Crippen molar-refractivity contribution in [3.63, 3.8) is 0 Å².